The van der Waals surface area contributed by atoms with Crippen LogP contribution in [-0.4, -0.2) is 37.3 Å². The minimum absolute atomic E-state index is 0. The molecule has 0 spiro atoms. The van der Waals surface area contributed by atoms with E-state index < -0.39 is 0 Å². The van der Waals surface area contributed by atoms with Crippen molar-refractivity contribution in [1.29, 1.82) is 0 Å². The van der Waals surface area contributed by atoms with E-state index in [2.05, 4.69) is 29.7 Å². The van der Waals surface area contributed by atoms with Crippen molar-refractivity contribution >= 4 is 18.3 Å². The van der Waals surface area contributed by atoms with Crippen LogP contribution >= 0.6 is 12.4 Å². The van der Waals surface area contributed by atoms with E-state index in [1.807, 2.05) is 18.2 Å². The number of amides is 1. The molecule has 0 aromatic heterocycles. The Hall–Kier alpha value is -1.10. The van der Waals surface area contributed by atoms with Crippen LogP contribution in [0.2, 0.25) is 0 Å². The summed E-state index contributed by atoms with van der Waals surface area (Å²) in [6, 6.07) is 10.1. The van der Waals surface area contributed by atoms with Crippen LogP contribution in [0, 0.1) is 11.8 Å². The Bertz CT molecular complexity index is 464. The van der Waals surface area contributed by atoms with Crippen LogP contribution in [0.25, 0.3) is 0 Å². The summed E-state index contributed by atoms with van der Waals surface area (Å²) < 4.78 is 0. The summed E-state index contributed by atoms with van der Waals surface area (Å²) in [6.45, 7) is 5.05. The second-order valence-corrected chi connectivity index (χ2v) is 6.71. The van der Waals surface area contributed by atoms with E-state index in [0.29, 0.717) is 31.2 Å². The van der Waals surface area contributed by atoms with Crippen molar-refractivity contribution in [3.63, 3.8) is 0 Å². The van der Waals surface area contributed by atoms with Crippen molar-refractivity contribution in [2.45, 2.75) is 38.5 Å². The lowest BCUT2D eigenvalue weighted by molar-refractivity contribution is -0.122. The molecule has 1 aliphatic heterocycles. The Morgan fingerprint density at radius 1 is 1.38 bits per heavy atom. The van der Waals surface area contributed by atoms with Crippen molar-refractivity contribution in [3.05, 3.63) is 35.9 Å². The van der Waals surface area contributed by atoms with Crippen LogP contribution in [0.1, 0.15) is 44.1 Å². The van der Waals surface area contributed by atoms with Gasteiger partial charge in [-0.1, -0.05) is 37.3 Å². The molecule has 3 unspecified atom stereocenters. The molecule has 1 fully saturated rings. The highest BCUT2D eigenvalue weighted by Gasteiger charge is 2.22. The summed E-state index contributed by atoms with van der Waals surface area (Å²) in [5.74, 6) is 1.33. The highest BCUT2D eigenvalue weighted by molar-refractivity contribution is 5.85. The molecule has 3 N–H and O–H groups in total. The van der Waals surface area contributed by atoms with E-state index in [1.54, 1.807) is 0 Å². The average molecular weight is 355 g/mol. The second kappa shape index (κ2) is 11.5. The van der Waals surface area contributed by atoms with Gasteiger partial charge in [-0.05, 0) is 49.8 Å². The number of hydrogen-bond acceptors (Lipinski definition) is 3. The smallest absolute Gasteiger partial charge is 0.220 e. The largest absolute Gasteiger partial charge is 0.396 e. The third-order valence-corrected chi connectivity index (χ3v) is 4.94. The van der Waals surface area contributed by atoms with Gasteiger partial charge in [0.05, 0.1) is 0 Å². The maximum absolute atomic E-state index is 12.2. The number of aliphatic hydroxyl groups is 1. The Morgan fingerprint density at radius 3 is 2.75 bits per heavy atom. The van der Waals surface area contributed by atoms with E-state index in [0.717, 1.165) is 13.1 Å². The van der Waals surface area contributed by atoms with Gasteiger partial charge in [0.15, 0.2) is 0 Å². The van der Waals surface area contributed by atoms with Gasteiger partial charge in [-0.15, -0.1) is 12.4 Å². The Morgan fingerprint density at radius 2 is 2.12 bits per heavy atom. The maximum Gasteiger partial charge on any atom is 0.220 e. The Kier molecular flexibility index (Phi) is 9.99. The molecule has 4 nitrogen and oxygen atoms in total. The highest BCUT2D eigenvalue weighted by atomic mass is 35.5. The zero-order valence-electron chi connectivity index (χ0n) is 14.5. The van der Waals surface area contributed by atoms with Crippen LogP contribution in [-0.2, 0) is 4.79 Å². The molecule has 1 aromatic rings. The quantitative estimate of drug-likeness (QED) is 0.672. The third-order valence-electron chi connectivity index (χ3n) is 4.94. The van der Waals surface area contributed by atoms with Crippen LogP contribution in [0.3, 0.4) is 0 Å². The Balaban J connectivity index is 0.00000288. The standard InChI is InChI=1S/C19H30N2O2.ClH/c1-15(17-8-5-10-20-13-17)12-19(23)21-14-18(9-11-22)16-6-3-2-4-7-16;/h2-4,6-7,15,17-18,20,22H,5,8-14H2,1H3,(H,21,23);1H. The van der Waals surface area contributed by atoms with Crippen molar-refractivity contribution in [2.75, 3.05) is 26.2 Å². The Labute approximate surface area is 151 Å². The summed E-state index contributed by atoms with van der Waals surface area (Å²) in [7, 11) is 0. The average Bonchev–Trinajstić information content (AvgIpc) is 2.60. The monoisotopic (exact) mass is 354 g/mol. The van der Waals surface area contributed by atoms with Gasteiger partial charge < -0.3 is 15.7 Å². The fourth-order valence-electron chi connectivity index (χ4n) is 3.40. The lowest BCUT2D eigenvalue weighted by Crippen LogP contribution is -2.36. The third kappa shape index (κ3) is 6.80. The minimum Gasteiger partial charge on any atom is -0.396 e. The summed E-state index contributed by atoms with van der Waals surface area (Å²) >= 11 is 0. The van der Waals surface area contributed by atoms with E-state index in [4.69, 9.17) is 0 Å². The number of carbonyl (C=O) groups is 1. The first kappa shape index (κ1) is 20.9. The minimum atomic E-state index is 0. The van der Waals surface area contributed by atoms with E-state index >= 15 is 0 Å². The van der Waals surface area contributed by atoms with E-state index in [9.17, 15) is 9.90 Å². The van der Waals surface area contributed by atoms with Crippen LogP contribution in [0.4, 0.5) is 0 Å². The van der Waals surface area contributed by atoms with Gasteiger partial charge in [0.25, 0.3) is 0 Å². The lowest BCUT2D eigenvalue weighted by Gasteiger charge is -2.28. The van der Waals surface area contributed by atoms with Crippen molar-refractivity contribution in [2.24, 2.45) is 11.8 Å². The molecule has 1 aliphatic rings. The molecule has 1 aromatic carbocycles. The highest BCUT2D eigenvalue weighted by Crippen LogP contribution is 2.23. The fraction of sp³-hybridized carbons (Fsp3) is 0.632. The van der Waals surface area contributed by atoms with Gasteiger partial charge >= 0.3 is 0 Å². The number of aliphatic hydroxyl groups excluding tert-OH is 1. The van der Waals surface area contributed by atoms with Crippen molar-refractivity contribution in [1.82, 2.24) is 10.6 Å². The fourth-order valence-corrected chi connectivity index (χ4v) is 3.40. The number of benzene rings is 1. The molecule has 1 heterocycles. The number of nitrogens with one attached hydrogen (secondary N) is 2. The van der Waals surface area contributed by atoms with Gasteiger partial charge in [-0.3, -0.25) is 4.79 Å². The lowest BCUT2D eigenvalue weighted by atomic mass is 9.85. The second-order valence-electron chi connectivity index (χ2n) is 6.71. The summed E-state index contributed by atoms with van der Waals surface area (Å²) in [6.07, 6.45) is 3.70. The van der Waals surface area contributed by atoms with E-state index in [-0.39, 0.29) is 30.8 Å². The maximum atomic E-state index is 12.2. The molecule has 0 aliphatic carbocycles. The number of carbonyl (C=O) groups excluding carboxylic acids is 1. The first-order chi connectivity index (χ1) is 11.2. The molecule has 5 heteroatoms. The molecule has 0 saturated carbocycles. The summed E-state index contributed by atoms with van der Waals surface area (Å²) in [4.78, 5) is 12.2. The summed E-state index contributed by atoms with van der Waals surface area (Å²) in [5.41, 5.74) is 1.17. The van der Waals surface area contributed by atoms with Gasteiger partial charge in [-0.25, -0.2) is 0 Å². The molecule has 136 valence electrons. The molecular weight excluding hydrogens is 324 g/mol. The van der Waals surface area contributed by atoms with Crippen LogP contribution < -0.4 is 10.6 Å². The molecule has 0 bridgehead atoms. The van der Waals surface area contributed by atoms with E-state index in [1.165, 1.54) is 18.4 Å². The van der Waals surface area contributed by atoms with Crippen molar-refractivity contribution in [3.8, 4) is 0 Å². The number of halogens is 1. The first-order valence-corrected chi connectivity index (χ1v) is 8.84. The topological polar surface area (TPSA) is 61.4 Å². The SMILES string of the molecule is CC(CC(=O)NCC(CCO)c1ccccc1)C1CCCNC1.Cl. The van der Waals surface area contributed by atoms with Gasteiger partial charge in [0.1, 0.15) is 0 Å². The predicted octanol–water partition coefficient (Wildman–Crippen LogP) is 2.72. The molecule has 1 saturated heterocycles. The summed E-state index contributed by atoms with van der Waals surface area (Å²) in [5, 5.41) is 15.7. The van der Waals surface area contributed by atoms with Gasteiger partial charge in [-0.2, -0.15) is 0 Å². The predicted molar refractivity (Wildman–Crippen MR) is 101 cm³/mol. The molecule has 3 atom stereocenters. The number of piperidine rings is 1. The molecule has 1 amide bonds. The molecule has 0 radical (unpaired) electrons. The zero-order valence-corrected chi connectivity index (χ0v) is 15.4. The number of hydrogen-bond donors (Lipinski definition) is 3. The van der Waals surface area contributed by atoms with Gasteiger partial charge in [0.2, 0.25) is 5.91 Å². The van der Waals surface area contributed by atoms with Gasteiger partial charge in [0, 0.05) is 25.5 Å². The van der Waals surface area contributed by atoms with Crippen LogP contribution in [0.15, 0.2) is 30.3 Å². The zero-order chi connectivity index (χ0) is 16.5. The molecule has 2 rings (SSSR count). The van der Waals surface area contributed by atoms with Crippen LogP contribution in [0.5, 0.6) is 0 Å². The van der Waals surface area contributed by atoms with Crippen molar-refractivity contribution < 1.29 is 9.90 Å². The molecular formula is C19H31ClN2O2. The first-order valence-electron chi connectivity index (χ1n) is 8.84. The molecule has 24 heavy (non-hydrogen) atoms. The number of rotatable bonds is 8. The normalized spacial score (nSPS) is 19.8.